The third kappa shape index (κ3) is 3.95. The van der Waals surface area contributed by atoms with Crippen molar-refractivity contribution >= 4 is 29.1 Å². The van der Waals surface area contributed by atoms with Crippen LogP contribution in [0.5, 0.6) is 0 Å². The minimum atomic E-state index is -4.51. The maximum absolute atomic E-state index is 13.2. The van der Waals surface area contributed by atoms with Crippen molar-refractivity contribution < 1.29 is 22.5 Å². The Balaban J connectivity index is 1.75. The van der Waals surface area contributed by atoms with Crippen molar-refractivity contribution in [3.8, 4) is 0 Å². The Morgan fingerprint density at radius 2 is 1.82 bits per heavy atom. The van der Waals surface area contributed by atoms with Crippen LogP contribution in [-0.2, 0) is 6.18 Å². The van der Waals surface area contributed by atoms with Crippen molar-refractivity contribution in [2.24, 2.45) is 0 Å². The van der Waals surface area contributed by atoms with Crippen molar-refractivity contribution in [3.63, 3.8) is 0 Å². The zero-order valence-electron chi connectivity index (χ0n) is 14.3. The molecular weight excluding hydrogens is 411 g/mol. The highest BCUT2D eigenvalue weighted by atomic mass is 35.5. The number of ketones is 1. The first-order valence-corrected chi connectivity index (χ1v) is 9.66. The average molecular weight is 424 g/mol. The number of nitrogens with zero attached hydrogens (tertiary/aromatic N) is 1. The molecule has 0 N–H and O–H groups in total. The number of benzene rings is 2. The van der Waals surface area contributed by atoms with Gasteiger partial charge in [0, 0.05) is 26.3 Å². The molecule has 1 aromatic heterocycles. The maximum atomic E-state index is 13.2. The van der Waals surface area contributed by atoms with E-state index in [4.69, 9.17) is 16.1 Å². The van der Waals surface area contributed by atoms with Crippen LogP contribution in [0.2, 0.25) is 5.02 Å². The van der Waals surface area contributed by atoms with Gasteiger partial charge in [-0.25, -0.2) is 0 Å². The number of carbonyl (C=O) groups excluding carboxylic acids is 1. The second-order valence-electron chi connectivity index (χ2n) is 6.47. The second kappa shape index (κ2) is 7.29. The SMILES string of the molecule is O=C(c1ccc(C(F)(F)F)cc1Sc1ccc(Cl)cc1)c1cnoc1C1CC1. The Hall–Kier alpha value is -2.25. The molecule has 3 nitrogen and oxygen atoms in total. The van der Waals surface area contributed by atoms with Crippen LogP contribution >= 0.6 is 23.4 Å². The van der Waals surface area contributed by atoms with Crippen LogP contribution in [-0.4, -0.2) is 10.9 Å². The molecule has 2 aromatic carbocycles. The van der Waals surface area contributed by atoms with E-state index >= 15 is 0 Å². The van der Waals surface area contributed by atoms with Crippen molar-refractivity contribution in [3.05, 3.63) is 76.1 Å². The smallest absolute Gasteiger partial charge is 0.360 e. The largest absolute Gasteiger partial charge is 0.416 e. The van der Waals surface area contributed by atoms with Crippen LogP contribution < -0.4 is 0 Å². The Bertz CT molecular complexity index is 1030. The van der Waals surface area contributed by atoms with Gasteiger partial charge in [0.15, 0.2) is 11.5 Å². The van der Waals surface area contributed by atoms with E-state index in [1.165, 1.54) is 12.3 Å². The molecule has 0 bridgehead atoms. The topological polar surface area (TPSA) is 43.1 Å². The van der Waals surface area contributed by atoms with Crippen molar-refractivity contribution in [1.29, 1.82) is 0 Å². The van der Waals surface area contributed by atoms with Gasteiger partial charge in [0.25, 0.3) is 0 Å². The molecule has 28 heavy (non-hydrogen) atoms. The van der Waals surface area contributed by atoms with E-state index in [-0.39, 0.29) is 16.4 Å². The number of aromatic nitrogens is 1. The highest BCUT2D eigenvalue weighted by Crippen LogP contribution is 2.43. The lowest BCUT2D eigenvalue weighted by Gasteiger charge is -2.13. The van der Waals surface area contributed by atoms with Gasteiger partial charge in [-0.15, -0.1) is 0 Å². The fraction of sp³-hybridized carbons (Fsp3) is 0.200. The standard InChI is InChI=1S/C20H13ClF3NO2S/c21-13-4-6-14(7-5-13)28-17-9-12(20(22,23)24)3-8-15(17)18(26)16-10-25-27-19(16)11-1-2-11/h3-11H,1-2H2. The van der Waals surface area contributed by atoms with Crippen LogP contribution in [0.15, 0.2) is 63.0 Å². The van der Waals surface area contributed by atoms with Crippen LogP contribution in [0.1, 0.15) is 46.0 Å². The van der Waals surface area contributed by atoms with Crippen LogP contribution in [0.3, 0.4) is 0 Å². The highest BCUT2D eigenvalue weighted by Gasteiger charge is 2.35. The summed E-state index contributed by atoms with van der Waals surface area (Å²) in [5.41, 5.74) is -0.327. The molecule has 1 saturated carbocycles. The number of alkyl halides is 3. The zero-order chi connectivity index (χ0) is 19.9. The molecule has 4 rings (SSSR count). The molecule has 1 fully saturated rings. The van der Waals surface area contributed by atoms with Gasteiger partial charge in [0.05, 0.1) is 17.3 Å². The molecule has 0 atom stereocenters. The van der Waals surface area contributed by atoms with Crippen molar-refractivity contribution in [1.82, 2.24) is 5.16 Å². The highest BCUT2D eigenvalue weighted by molar-refractivity contribution is 7.99. The number of hydrogen-bond donors (Lipinski definition) is 0. The summed E-state index contributed by atoms with van der Waals surface area (Å²) in [7, 11) is 0. The minimum absolute atomic E-state index is 0.156. The van der Waals surface area contributed by atoms with Gasteiger partial charge >= 0.3 is 6.18 Å². The number of hydrogen-bond acceptors (Lipinski definition) is 4. The lowest BCUT2D eigenvalue weighted by atomic mass is 10.0. The molecule has 0 radical (unpaired) electrons. The number of rotatable bonds is 5. The van der Waals surface area contributed by atoms with E-state index in [1.54, 1.807) is 24.3 Å². The summed E-state index contributed by atoms with van der Waals surface area (Å²) in [5.74, 6) is 0.268. The van der Waals surface area contributed by atoms with Crippen molar-refractivity contribution in [2.45, 2.75) is 34.7 Å². The summed E-state index contributed by atoms with van der Waals surface area (Å²) in [6, 6.07) is 9.80. The monoisotopic (exact) mass is 423 g/mol. The molecule has 8 heteroatoms. The first-order chi connectivity index (χ1) is 13.3. The summed E-state index contributed by atoms with van der Waals surface area (Å²) in [6.07, 6.45) is -1.35. The van der Waals surface area contributed by atoms with Crippen LogP contribution in [0.25, 0.3) is 0 Å². The summed E-state index contributed by atoms with van der Waals surface area (Å²) in [4.78, 5) is 14.0. The lowest BCUT2D eigenvalue weighted by Crippen LogP contribution is -2.09. The quantitative estimate of drug-likeness (QED) is 0.433. The van der Waals surface area contributed by atoms with Gasteiger partial charge in [0.2, 0.25) is 0 Å². The van der Waals surface area contributed by atoms with Gasteiger partial charge in [-0.3, -0.25) is 4.79 Å². The fourth-order valence-corrected chi connectivity index (χ4v) is 3.91. The number of halogens is 4. The molecular formula is C20H13ClF3NO2S. The fourth-order valence-electron chi connectivity index (χ4n) is 2.80. The molecule has 0 unspecified atom stereocenters. The Morgan fingerprint density at radius 1 is 1.11 bits per heavy atom. The average Bonchev–Trinajstić information content (AvgIpc) is 3.39. The molecule has 1 aliphatic carbocycles. The lowest BCUT2D eigenvalue weighted by molar-refractivity contribution is -0.137. The molecule has 144 valence electrons. The predicted octanol–water partition coefficient (Wildman–Crippen LogP) is 6.61. The van der Waals surface area contributed by atoms with E-state index in [0.29, 0.717) is 21.2 Å². The molecule has 3 aromatic rings. The molecule has 0 saturated heterocycles. The van der Waals surface area contributed by atoms with E-state index in [0.717, 1.165) is 36.7 Å². The maximum Gasteiger partial charge on any atom is 0.416 e. The molecule has 1 aliphatic rings. The van der Waals surface area contributed by atoms with Crippen molar-refractivity contribution in [2.75, 3.05) is 0 Å². The van der Waals surface area contributed by atoms with Crippen LogP contribution in [0.4, 0.5) is 13.2 Å². The van der Waals surface area contributed by atoms with Gasteiger partial charge in [0.1, 0.15) is 0 Å². The summed E-state index contributed by atoms with van der Waals surface area (Å²) >= 11 is 6.95. The minimum Gasteiger partial charge on any atom is -0.360 e. The number of carbonyl (C=O) groups is 1. The Kier molecular flexibility index (Phi) is 4.97. The van der Waals surface area contributed by atoms with E-state index < -0.39 is 17.5 Å². The first-order valence-electron chi connectivity index (χ1n) is 8.47. The van der Waals surface area contributed by atoms with E-state index in [9.17, 15) is 18.0 Å². The third-order valence-electron chi connectivity index (χ3n) is 4.39. The summed E-state index contributed by atoms with van der Waals surface area (Å²) in [5, 5.41) is 4.23. The Morgan fingerprint density at radius 3 is 2.46 bits per heavy atom. The third-order valence-corrected chi connectivity index (χ3v) is 5.70. The normalized spacial score (nSPS) is 14.3. The first kappa shape index (κ1) is 19.1. The predicted molar refractivity (Wildman–Crippen MR) is 98.9 cm³/mol. The molecule has 0 spiro atoms. The van der Waals surface area contributed by atoms with Crippen LogP contribution in [0, 0.1) is 0 Å². The second-order valence-corrected chi connectivity index (χ2v) is 8.02. The molecule has 1 heterocycles. The zero-order valence-corrected chi connectivity index (χ0v) is 15.9. The summed E-state index contributed by atoms with van der Waals surface area (Å²) in [6.45, 7) is 0. The Labute approximate surface area is 167 Å². The molecule has 0 aliphatic heterocycles. The van der Waals surface area contributed by atoms with Gasteiger partial charge in [-0.2, -0.15) is 13.2 Å². The van der Waals surface area contributed by atoms with Gasteiger partial charge in [-0.05, 0) is 55.3 Å². The van der Waals surface area contributed by atoms with E-state index in [1.807, 2.05) is 0 Å². The van der Waals surface area contributed by atoms with Gasteiger partial charge in [-0.1, -0.05) is 28.5 Å². The van der Waals surface area contributed by atoms with Gasteiger partial charge < -0.3 is 4.52 Å². The van der Waals surface area contributed by atoms with E-state index in [2.05, 4.69) is 5.16 Å². The summed E-state index contributed by atoms with van der Waals surface area (Å²) < 4.78 is 44.8. The molecule has 0 amide bonds.